The fourth-order valence-electron chi connectivity index (χ4n) is 2.77. The van der Waals surface area contributed by atoms with Gasteiger partial charge in [-0.25, -0.2) is 9.18 Å². The van der Waals surface area contributed by atoms with Crippen LogP contribution < -0.4 is 10.6 Å². The SMILES string of the molecule is CC1=C(C(=O)OCc2ccccc2)[C@@H](c2c(F)cccc2Cl)NC(=S)N1. The molecule has 0 saturated heterocycles. The first-order chi connectivity index (χ1) is 12.5. The maximum absolute atomic E-state index is 14.4. The zero-order valence-corrected chi connectivity index (χ0v) is 15.5. The van der Waals surface area contributed by atoms with Gasteiger partial charge >= 0.3 is 5.97 Å². The second kappa shape index (κ2) is 7.85. The molecular formula is C19H16ClFN2O2S. The molecule has 134 valence electrons. The summed E-state index contributed by atoms with van der Waals surface area (Å²) in [6.45, 7) is 1.80. The highest BCUT2D eigenvalue weighted by molar-refractivity contribution is 7.80. The Kier molecular flexibility index (Phi) is 5.54. The third-order valence-corrected chi connectivity index (χ3v) is 4.54. The molecule has 0 amide bonds. The Morgan fingerprint density at radius 2 is 1.96 bits per heavy atom. The van der Waals surface area contributed by atoms with E-state index in [1.807, 2.05) is 30.3 Å². The molecule has 0 bridgehead atoms. The highest BCUT2D eigenvalue weighted by Crippen LogP contribution is 2.34. The van der Waals surface area contributed by atoms with Gasteiger partial charge in [-0.05, 0) is 36.8 Å². The summed E-state index contributed by atoms with van der Waals surface area (Å²) in [7, 11) is 0. The number of carbonyl (C=O) groups is 1. The fraction of sp³-hybridized carbons (Fsp3) is 0.158. The summed E-state index contributed by atoms with van der Waals surface area (Å²) in [5, 5.41) is 6.28. The van der Waals surface area contributed by atoms with E-state index in [1.54, 1.807) is 13.0 Å². The van der Waals surface area contributed by atoms with Crippen molar-refractivity contribution in [2.45, 2.75) is 19.6 Å². The Hall–Kier alpha value is -2.44. The average Bonchev–Trinajstić information content (AvgIpc) is 2.60. The molecule has 1 atom stereocenters. The number of nitrogens with one attached hydrogen (secondary N) is 2. The van der Waals surface area contributed by atoms with Crippen molar-refractivity contribution in [2.75, 3.05) is 0 Å². The number of hydrogen-bond acceptors (Lipinski definition) is 3. The van der Waals surface area contributed by atoms with Gasteiger partial charge in [0.05, 0.1) is 11.6 Å². The molecular weight excluding hydrogens is 375 g/mol. The zero-order valence-electron chi connectivity index (χ0n) is 13.9. The molecule has 0 radical (unpaired) electrons. The minimum absolute atomic E-state index is 0.110. The lowest BCUT2D eigenvalue weighted by atomic mass is 9.95. The van der Waals surface area contributed by atoms with Crippen LogP contribution in [0.1, 0.15) is 24.1 Å². The maximum Gasteiger partial charge on any atom is 0.338 e. The number of thiocarbonyl (C=S) groups is 1. The van der Waals surface area contributed by atoms with Crippen LogP contribution in [0.2, 0.25) is 5.02 Å². The number of halogens is 2. The topological polar surface area (TPSA) is 50.4 Å². The number of carbonyl (C=O) groups excluding carboxylic acids is 1. The van der Waals surface area contributed by atoms with Crippen LogP contribution in [-0.4, -0.2) is 11.1 Å². The molecule has 7 heteroatoms. The molecule has 4 nitrogen and oxygen atoms in total. The summed E-state index contributed by atoms with van der Waals surface area (Å²) in [5.74, 6) is -1.10. The second-order valence-corrected chi connectivity index (χ2v) is 6.58. The molecule has 0 spiro atoms. The highest BCUT2D eigenvalue weighted by atomic mass is 35.5. The Morgan fingerprint density at radius 1 is 1.23 bits per heavy atom. The number of benzene rings is 2. The fourth-order valence-corrected chi connectivity index (χ4v) is 3.31. The summed E-state index contributed by atoms with van der Waals surface area (Å²) in [6, 6.07) is 12.8. The number of allylic oxidation sites excluding steroid dienone is 1. The van der Waals surface area contributed by atoms with Crippen molar-refractivity contribution < 1.29 is 13.9 Å². The van der Waals surface area contributed by atoms with Crippen molar-refractivity contribution >= 4 is 34.9 Å². The molecule has 3 rings (SSSR count). The Bertz CT molecular complexity index is 866. The average molecular weight is 391 g/mol. The summed E-state index contributed by atoms with van der Waals surface area (Å²) in [6.07, 6.45) is 0. The monoisotopic (exact) mass is 390 g/mol. The molecule has 2 aromatic carbocycles. The van der Waals surface area contributed by atoms with Gasteiger partial charge < -0.3 is 15.4 Å². The van der Waals surface area contributed by atoms with Crippen LogP contribution in [0.5, 0.6) is 0 Å². The third-order valence-electron chi connectivity index (χ3n) is 3.99. The maximum atomic E-state index is 14.4. The lowest BCUT2D eigenvalue weighted by molar-refractivity contribution is -0.140. The van der Waals surface area contributed by atoms with E-state index in [0.717, 1.165) is 5.56 Å². The van der Waals surface area contributed by atoms with E-state index in [-0.39, 0.29) is 27.9 Å². The molecule has 2 aromatic rings. The molecule has 0 unspecified atom stereocenters. The van der Waals surface area contributed by atoms with Gasteiger partial charge in [-0.2, -0.15) is 0 Å². The number of ether oxygens (including phenoxy) is 1. The van der Waals surface area contributed by atoms with Gasteiger partial charge in [-0.1, -0.05) is 48.0 Å². The van der Waals surface area contributed by atoms with Crippen LogP contribution in [-0.2, 0) is 16.1 Å². The molecule has 0 saturated carbocycles. The largest absolute Gasteiger partial charge is 0.457 e. The quantitative estimate of drug-likeness (QED) is 0.610. The van der Waals surface area contributed by atoms with Gasteiger partial charge in [-0.15, -0.1) is 0 Å². The first-order valence-electron chi connectivity index (χ1n) is 7.90. The molecule has 1 aliphatic rings. The standard InChI is InChI=1S/C19H16ClFN2O2S/c1-11-15(18(24)25-10-12-6-3-2-4-7-12)17(23-19(26)22-11)16-13(20)8-5-9-14(16)21/h2-9,17H,10H2,1H3,(H2,22,23,26)/t17-/m0/s1. The summed E-state index contributed by atoms with van der Waals surface area (Å²) in [4.78, 5) is 12.7. The zero-order chi connectivity index (χ0) is 18.7. The van der Waals surface area contributed by atoms with E-state index in [1.165, 1.54) is 12.1 Å². The van der Waals surface area contributed by atoms with Crippen molar-refractivity contribution in [3.8, 4) is 0 Å². The van der Waals surface area contributed by atoms with E-state index in [2.05, 4.69) is 10.6 Å². The lowest BCUT2D eigenvalue weighted by Crippen LogP contribution is -2.45. The van der Waals surface area contributed by atoms with E-state index < -0.39 is 17.8 Å². The summed E-state index contributed by atoms with van der Waals surface area (Å²) < 4.78 is 19.8. The van der Waals surface area contributed by atoms with Crippen molar-refractivity contribution in [3.05, 3.63) is 81.8 Å². The van der Waals surface area contributed by atoms with Crippen LogP contribution in [0, 0.1) is 5.82 Å². The van der Waals surface area contributed by atoms with Crippen LogP contribution in [0.4, 0.5) is 4.39 Å². The Morgan fingerprint density at radius 3 is 2.65 bits per heavy atom. The van der Waals surface area contributed by atoms with Crippen LogP contribution >= 0.6 is 23.8 Å². The smallest absolute Gasteiger partial charge is 0.338 e. The van der Waals surface area contributed by atoms with E-state index in [0.29, 0.717) is 5.70 Å². The molecule has 1 heterocycles. The van der Waals surface area contributed by atoms with Gasteiger partial charge in [0.2, 0.25) is 0 Å². The summed E-state index contributed by atoms with van der Waals surface area (Å²) >= 11 is 11.3. The minimum Gasteiger partial charge on any atom is -0.457 e. The Labute approximate surface area is 161 Å². The number of rotatable bonds is 4. The number of esters is 1. The molecule has 26 heavy (non-hydrogen) atoms. The van der Waals surface area contributed by atoms with Gasteiger partial charge in [0.15, 0.2) is 5.11 Å². The normalized spacial score (nSPS) is 16.7. The van der Waals surface area contributed by atoms with Gasteiger partial charge in [-0.3, -0.25) is 0 Å². The van der Waals surface area contributed by atoms with E-state index in [4.69, 9.17) is 28.6 Å². The van der Waals surface area contributed by atoms with Crippen molar-refractivity contribution in [3.63, 3.8) is 0 Å². The van der Waals surface area contributed by atoms with Gasteiger partial charge in [0, 0.05) is 16.3 Å². The van der Waals surface area contributed by atoms with Gasteiger partial charge in [0.25, 0.3) is 0 Å². The Balaban J connectivity index is 1.92. The van der Waals surface area contributed by atoms with Crippen LogP contribution in [0.15, 0.2) is 59.8 Å². The molecule has 2 N–H and O–H groups in total. The molecule has 1 aliphatic heterocycles. The molecule has 0 aromatic heterocycles. The van der Waals surface area contributed by atoms with Crippen molar-refractivity contribution in [2.24, 2.45) is 0 Å². The third kappa shape index (κ3) is 3.86. The summed E-state index contributed by atoms with van der Waals surface area (Å²) in [5.41, 5.74) is 1.74. The van der Waals surface area contributed by atoms with Crippen molar-refractivity contribution in [1.29, 1.82) is 0 Å². The van der Waals surface area contributed by atoms with Crippen LogP contribution in [0.3, 0.4) is 0 Å². The first-order valence-corrected chi connectivity index (χ1v) is 8.69. The van der Waals surface area contributed by atoms with E-state index in [9.17, 15) is 9.18 Å². The predicted molar refractivity (Wildman–Crippen MR) is 102 cm³/mol. The van der Waals surface area contributed by atoms with Crippen LogP contribution in [0.25, 0.3) is 0 Å². The second-order valence-electron chi connectivity index (χ2n) is 5.77. The molecule has 0 aliphatic carbocycles. The minimum atomic E-state index is -0.833. The first kappa shape index (κ1) is 18.4. The lowest BCUT2D eigenvalue weighted by Gasteiger charge is -2.30. The van der Waals surface area contributed by atoms with Gasteiger partial charge in [0.1, 0.15) is 12.4 Å². The number of hydrogen-bond donors (Lipinski definition) is 2. The predicted octanol–water partition coefficient (Wildman–Crippen LogP) is 4.02. The molecule has 0 fully saturated rings. The van der Waals surface area contributed by atoms with Crippen molar-refractivity contribution in [1.82, 2.24) is 10.6 Å². The highest BCUT2D eigenvalue weighted by Gasteiger charge is 2.33. The van der Waals surface area contributed by atoms with E-state index >= 15 is 0 Å².